The number of hydrogen-bond acceptors (Lipinski definition) is 4. The predicted molar refractivity (Wildman–Crippen MR) is 122 cm³/mol. The fraction of sp³-hybridized carbons (Fsp3) is 0.158. The molecule has 1 aliphatic rings. The van der Waals surface area contributed by atoms with Crippen molar-refractivity contribution in [2.75, 3.05) is 13.7 Å². The van der Waals surface area contributed by atoms with E-state index in [0.29, 0.717) is 48.7 Å². The first-order valence-electron chi connectivity index (χ1n) is 8.12. The minimum Gasteiger partial charge on any atom is -0.494 e. The van der Waals surface area contributed by atoms with Crippen molar-refractivity contribution in [1.82, 2.24) is 4.90 Å². The molecule has 0 aromatic heterocycles. The van der Waals surface area contributed by atoms with Gasteiger partial charge in [0.1, 0.15) is 0 Å². The quantitative estimate of drug-likeness (QED) is 0.406. The van der Waals surface area contributed by atoms with Gasteiger partial charge in [0.25, 0.3) is 5.91 Å². The molecular weight excluding hydrogens is 507 g/mol. The molecule has 1 aliphatic heterocycles. The Morgan fingerprint density at radius 2 is 1.86 bits per heavy atom. The molecule has 1 saturated heterocycles. The smallest absolute Gasteiger partial charge is 0.266 e. The monoisotopic (exact) mass is 518 g/mol. The fourth-order valence-corrected chi connectivity index (χ4v) is 4.69. The molecule has 0 spiro atoms. The molecule has 2 aromatic rings. The molecule has 0 aliphatic carbocycles. The van der Waals surface area contributed by atoms with Crippen LogP contribution in [0.25, 0.3) is 6.08 Å². The SMILES string of the molecule is CCN1C(=O)/C(=C/c2cc(Cl)c(OC)c(Cl)c2)SC1=Nc1ccc(Br)c(Cl)c1. The lowest BCUT2D eigenvalue weighted by Crippen LogP contribution is -2.28. The number of rotatable bonds is 4. The molecule has 2 aromatic carbocycles. The van der Waals surface area contributed by atoms with Gasteiger partial charge >= 0.3 is 0 Å². The third-order valence-electron chi connectivity index (χ3n) is 3.85. The fourth-order valence-electron chi connectivity index (χ4n) is 2.54. The Labute approximate surface area is 190 Å². The van der Waals surface area contributed by atoms with E-state index in [9.17, 15) is 4.79 Å². The van der Waals surface area contributed by atoms with E-state index in [4.69, 9.17) is 39.5 Å². The third kappa shape index (κ3) is 4.52. The normalized spacial score (nSPS) is 17.1. The lowest BCUT2D eigenvalue weighted by molar-refractivity contribution is -0.122. The minimum absolute atomic E-state index is 0.127. The number of thioether (sulfide) groups is 1. The number of amides is 1. The topological polar surface area (TPSA) is 41.9 Å². The van der Waals surface area contributed by atoms with Gasteiger partial charge in [0.2, 0.25) is 0 Å². The Morgan fingerprint density at radius 3 is 2.43 bits per heavy atom. The van der Waals surface area contributed by atoms with E-state index in [0.717, 1.165) is 4.47 Å². The highest BCUT2D eigenvalue weighted by molar-refractivity contribution is 9.10. The van der Waals surface area contributed by atoms with Crippen LogP contribution in [0.2, 0.25) is 15.1 Å². The Hall–Kier alpha value is -1.18. The zero-order chi connectivity index (χ0) is 20.4. The molecule has 4 nitrogen and oxygen atoms in total. The van der Waals surface area contributed by atoms with Gasteiger partial charge in [-0.15, -0.1) is 0 Å². The van der Waals surface area contributed by atoms with Crippen molar-refractivity contribution in [2.24, 2.45) is 4.99 Å². The predicted octanol–water partition coefficient (Wildman–Crippen LogP) is 7.04. The molecule has 0 saturated carbocycles. The maximum atomic E-state index is 12.8. The third-order valence-corrected chi connectivity index (χ3v) is 6.66. The Bertz CT molecular complexity index is 988. The van der Waals surface area contributed by atoms with Crippen LogP contribution in [0.4, 0.5) is 5.69 Å². The first kappa shape index (κ1) is 21.5. The van der Waals surface area contributed by atoms with Gasteiger partial charge in [-0.1, -0.05) is 34.8 Å². The second-order valence-corrected chi connectivity index (χ2v) is 8.76. The van der Waals surface area contributed by atoms with Gasteiger partial charge in [0.05, 0.1) is 32.8 Å². The molecule has 0 N–H and O–H groups in total. The molecule has 146 valence electrons. The van der Waals surface area contributed by atoms with Crippen molar-refractivity contribution in [3.8, 4) is 5.75 Å². The van der Waals surface area contributed by atoms with Gasteiger partial charge in [0, 0.05) is 11.0 Å². The lowest BCUT2D eigenvalue weighted by atomic mass is 10.2. The summed E-state index contributed by atoms with van der Waals surface area (Å²) < 4.78 is 5.95. The van der Waals surface area contributed by atoms with Crippen LogP contribution in [0.3, 0.4) is 0 Å². The summed E-state index contributed by atoms with van der Waals surface area (Å²) in [6.45, 7) is 2.39. The molecule has 0 atom stereocenters. The number of methoxy groups -OCH3 is 1. The number of benzene rings is 2. The lowest BCUT2D eigenvalue weighted by Gasteiger charge is -2.12. The van der Waals surface area contributed by atoms with E-state index in [1.54, 1.807) is 29.2 Å². The Balaban J connectivity index is 1.96. The van der Waals surface area contributed by atoms with E-state index < -0.39 is 0 Å². The van der Waals surface area contributed by atoms with Gasteiger partial charge in [-0.3, -0.25) is 9.69 Å². The number of likely N-dealkylation sites (N-methyl/N-ethyl adjacent to an activating group) is 1. The van der Waals surface area contributed by atoms with Crippen molar-refractivity contribution < 1.29 is 9.53 Å². The standard InChI is InChI=1S/C19H14BrCl3N2O2S/c1-3-25-18(26)16(8-10-6-14(22)17(27-2)15(23)7-10)28-19(25)24-11-4-5-12(20)13(21)9-11/h4-9H,3H2,1-2H3/b16-8-,24-19?. The van der Waals surface area contributed by atoms with Crippen molar-refractivity contribution in [2.45, 2.75) is 6.92 Å². The molecule has 9 heteroatoms. The van der Waals surface area contributed by atoms with Crippen molar-refractivity contribution >= 4 is 85.3 Å². The molecule has 28 heavy (non-hydrogen) atoms. The van der Waals surface area contributed by atoms with E-state index in [2.05, 4.69) is 20.9 Å². The van der Waals surface area contributed by atoms with Crippen LogP contribution in [0.15, 0.2) is 44.7 Å². The van der Waals surface area contributed by atoms with Crippen LogP contribution in [0, 0.1) is 0 Å². The molecule has 0 radical (unpaired) electrons. The second-order valence-electron chi connectivity index (χ2n) is 5.67. The number of carbonyl (C=O) groups excluding carboxylic acids is 1. The number of carbonyl (C=O) groups is 1. The van der Waals surface area contributed by atoms with Gasteiger partial charge in [-0.2, -0.15) is 0 Å². The summed E-state index contributed by atoms with van der Waals surface area (Å²) in [7, 11) is 1.50. The van der Waals surface area contributed by atoms with Gasteiger partial charge < -0.3 is 4.74 Å². The number of hydrogen-bond donors (Lipinski definition) is 0. The maximum absolute atomic E-state index is 12.8. The maximum Gasteiger partial charge on any atom is 0.266 e. The highest BCUT2D eigenvalue weighted by Crippen LogP contribution is 2.38. The minimum atomic E-state index is -0.127. The summed E-state index contributed by atoms with van der Waals surface area (Å²) in [5, 5.41) is 1.89. The average Bonchev–Trinajstić information content (AvgIpc) is 2.92. The summed E-state index contributed by atoms with van der Waals surface area (Å²) in [6, 6.07) is 8.78. The number of nitrogens with zero attached hydrogens (tertiary/aromatic N) is 2. The molecule has 1 heterocycles. The van der Waals surface area contributed by atoms with E-state index >= 15 is 0 Å². The van der Waals surface area contributed by atoms with Gasteiger partial charge in [-0.25, -0.2) is 4.99 Å². The number of amidine groups is 1. The van der Waals surface area contributed by atoms with Crippen LogP contribution in [-0.2, 0) is 4.79 Å². The average molecular weight is 521 g/mol. The van der Waals surface area contributed by atoms with Gasteiger partial charge in [0.15, 0.2) is 10.9 Å². The summed E-state index contributed by atoms with van der Waals surface area (Å²) in [5.41, 5.74) is 1.37. The summed E-state index contributed by atoms with van der Waals surface area (Å²) in [5.74, 6) is 0.276. The molecular formula is C19H14BrCl3N2O2S. The number of halogens is 4. The van der Waals surface area contributed by atoms with Gasteiger partial charge in [-0.05, 0) is 76.6 Å². The van der Waals surface area contributed by atoms with Crippen LogP contribution in [0.1, 0.15) is 12.5 Å². The summed E-state index contributed by atoms with van der Waals surface area (Å²) in [4.78, 5) is 19.5. The van der Waals surface area contributed by atoms with Crippen LogP contribution >= 0.6 is 62.5 Å². The van der Waals surface area contributed by atoms with Crippen LogP contribution < -0.4 is 4.74 Å². The molecule has 1 amide bonds. The van der Waals surface area contributed by atoms with Crippen LogP contribution in [0.5, 0.6) is 5.75 Å². The number of ether oxygens (including phenoxy) is 1. The largest absolute Gasteiger partial charge is 0.494 e. The van der Waals surface area contributed by atoms with E-state index in [-0.39, 0.29) is 5.91 Å². The van der Waals surface area contributed by atoms with Crippen molar-refractivity contribution in [1.29, 1.82) is 0 Å². The number of aliphatic imine (C=N–C) groups is 1. The summed E-state index contributed by atoms with van der Waals surface area (Å²) in [6.07, 6.45) is 1.74. The molecule has 3 rings (SSSR count). The van der Waals surface area contributed by atoms with Crippen molar-refractivity contribution in [3.63, 3.8) is 0 Å². The molecule has 0 unspecified atom stereocenters. The highest BCUT2D eigenvalue weighted by Gasteiger charge is 2.32. The second kappa shape index (κ2) is 9.09. The van der Waals surface area contributed by atoms with Crippen molar-refractivity contribution in [3.05, 3.63) is 60.3 Å². The highest BCUT2D eigenvalue weighted by atomic mass is 79.9. The zero-order valence-corrected chi connectivity index (χ0v) is 19.5. The Morgan fingerprint density at radius 1 is 1.18 bits per heavy atom. The Kier molecular flexibility index (Phi) is 6.99. The zero-order valence-electron chi connectivity index (χ0n) is 14.8. The molecule has 1 fully saturated rings. The van der Waals surface area contributed by atoms with Crippen LogP contribution in [-0.4, -0.2) is 29.6 Å². The molecule has 0 bridgehead atoms. The first-order chi connectivity index (χ1) is 13.3. The van der Waals surface area contributed by atoms with E-state index in [1.165, 1.54) is 18.9 Å². The first-order valence-corrected chi connectivity index (χ1v) is 10.9. The summed E-state index contributed by atoms with van der Waals surface area (Å²) >= 11 is 23.2. The van der Waals surface area contributed by atoms with E-state index in [1.807, 2.05) is 19.1 Å².